The van der Waals surface area contributed by atoms with Crippen LogP contribution in [0.25, 0.3) is 0 Å². The minimum atomic E-state index is -4.08. The second kappa shape index (κ2) is 13.1. The number of benzene rings is 3. The molecule has 9 nitrogen and oxygen atoms in total. The summed E-state index contributed by atoms with van der Waals surface area (Å²) >= 11 is 3.35. The molecule has 3 aromatic carbocycles. The van der Waals surface area contributed by atoms with E-state index >= 15 is 0 Å². The fourth-order valence-electron chi connectivity index (χ4n) is 3.17. The van der Waals surface area contributed by atoms with Gasteiger partial charge < -0.3 is 18.4 Å². The highest BCUT2D eigenvalue weighted by molar-refractivity contribution is 9.10. The van der Waals surface area contributed by atoms with Gasteiger partial charge >= 0.3 is 10.1 Å². The fraction of sp³-hybridized carbons (Fsp3) is 0.231. The molecule has 1 N–H and O–H groups in total. The number of amides is 1. The molecular formula is C26H27BrN2O7S. The molecule has 0 radical (unpaired) electrons. The lowest BCUT2D eigenvalue weighted by Gasteiger charge is -2.14. The van der Waals surface area contributed by atoms with Crippen LogP contribution in [0.1, 0.15) is 36.7 Å². The Balaban J connectivity index is 1.79. The summed E-state index contributed by atoms with van der Waals surface area (Å²) in [6.07, 6.45) is 1.40. The van der Waals surface area contributed by atoms with E-state index in [0.29, 0.717) is 40.3 Å². The van der Waals surface area contributed by atoms with E-state index in [4.69, 9.17) is 18.4 Å². The summed E-state index contributed by atoms with van der Waals surface area (Å²) in [7, 11) is -4.08. The van der Waals surface area contributed by atoms with Crippen molar-refractivity contribution in [2.75, 3.05) is 19.8 Å². The average molecular weight is 591 g/mol. The van der Waals surface area contributed by atoms with E-state index in [1.54, 1.807) is 55.5 Å². The van der Waals surface area contributed by atoms with Gasteiger partial charge in [0.1, 0.15) is 4.90 Å². The zero-order valence-corrected chi connectivity index (χ0v) is 23.0. The smallest absolute Gasteiger partial charge is 0.339 e. The molecule has 0 fully saturated rings. The number of hydrogen-bond acceptors (Lipinski definition) is 8. The van der Waals surface area contributed by atoms with Crippen LogP contribution in [0.3, 0.4) is 0 Å². The maximum Gasteiger partial charge on any atom is 0.339 e. The van der Waals surface area contributed by atoms with Gasteiger partial charge in [-0.05, 0) is 84.7 Å². The molecule has 0 atom stereocenters. The van der Waals surface area contributed by atoms with Crippen LogP contribution >= 0.6 is 15.9 Å². The summed E-state index contributed by atoms with van der Waals surface area (Å²) in [6, 6.07) is 15.8. The van der Waals surface area contributed by atoms with Crippen molar-refractivity contribution in [1.82, 2.24) is 5.43 Å². The number of carbonyl (C=O) groups excluding carboxylic acids is 1. The van der Waals surface area contributed by atoms with Crippen molar-refractivity contribution in [3.05, 3.63) is 76.3 Å². The lowest BCUT2D eigenvalue weighted by molar-refractivity contribution is 0.0954. The minimum Gasteiger partial charge on any atom is -0.490 e. The maximum atomic E-state index is 12.7. The first-order valence-electron chi connectivity index (χ1n) is 11.5. The lowest BCUT2D eigenvalue weighted by atomic mass is 10.2. The molecule has 196 valence electrons. The first-order valence-corrected chi connectivity index (χ1v) is 13.7. The van der Waals surface area contributed by atoms with Crippen LogP contribution in [-0.4, -0.2) is 40.4 Å². The zero-order valence-electron chi connectivity index (χ0n) is 20.6. The summed E-state index contributed by atoms with van der Waals surface area (Å²) in [5, 5.41) is 4.01. The Bertz CT molecular complexity index is 1360. The Morgan fingerprint density at radius 3 is 2.22 bits per heavy atom. The highest BCUT2D eigenvalue weighted by Gasteiger charge is 2.22. The van der Waals surface area contributed by atoms with Gasteiger partial charge in [0.2, 0.25) is 0 Å². The van der Waals surface area contributed by atoms with E-state index in [0.717, 1.165) is 0 Å². The monoisotopic (exact) mass is 590 g/mol. The number of rotatable bonds is 12. The molecule has 0 aliphatic rings. The van der Waals surface area contributed by atoms with Crippen molar-refractivity contribution in [2.24, 2.45) is 5.10 Å². The highest BCUT2D eigenvalue weighted by atomic mass is 79.9. The largest absolute Gasteiger partial charge is 0.490 e. The Morgan fingerprint density at radius 1 is 0.892 bits per heavy atom. The average Bonchev–Trinajstić information content (AvgIpc) is 2.88. The number of ether oxygens (including phenoxy) is 3. The molecule has 0 heterocycles. The Labute approximate surface area is 224 Å². The van der Waals surface area contributed by atoms with E-state index in [2.05, 4.69) is 26.5 Å². The van der Waals surface area contributed by atoms with Crippen molar-refractivity contribution >= 4 is 38.2 Å². The van der Waals surface area contributed by atoms with Gasteiger partial charge in [-0.1, -0.05) is 18.2 Å². The number of halogens is 1. The first-order chi connectivity index (χ1) is 17.8. The Morgan fingerprint density at radius 2 is 1.54 bits per heavy atom. The summed E-state index contributed by atoms with van der Waals surface area (Å²) in [5.41, 5.74) is 3.34. The van der Waals surface area contributed by atoms with Gasteiger partial charge in [-0.3, -0.25) is 4.79 Å². The van der Waals surface area contributed by atoms with Crippen molar-refractivity contribution in [3.8, 4) is 23.0 Å². The number of carbonyl (C=O) groups is 1. The molecule has 0 spiro atoms. The molecule has 3 rings (SSSR count). The van der Waals surface area contributed by atoms with Crippen LogP contribution in [0.5, 0.6) is 23.0 Å². The third-order valence-electron chi connectivity index (χ3n) is 4.74. The number of hydrogen-bond donors (Lipinski definition) is 1. The topological polar surface area (TPSA) is 113 Å². The van der Waals surface area contributed by atoms with Crippen molar-refractivity contribution in [2.45, 2.75) is 25.7 Å². The molecule has 37 heavy (non-hydrogen) atoms. The number of hydrazone groups is 1. The Kier molecular flexibility index (Phi) is 9.93. The molecule has 0 saturated carbocycles. The standard InChI is InChI=1S/C26H27BrN2O7S/c1-4-33-22-13-12-19(16-23(22)34-5-2)26(30)29-28-17-18-14-21(27)25(24(15-18)35-6-3)36-37(31,32)20-10-8-7-9-11-20/h7-17H,4-6H2,1-3H3,(H,29,30)/b28-17+. The van der Waals surface area contributed by atoms with Gasteiger partial charge in [-0.2, -0.15) is 13.5 Å². The van der Waals surface area contributed by atoms with Crippen molar-refractivity contribution in [3.63, 3.8) is 0 Å². The molecule has 1 amide bonds. The van der Waals surface area contributed by atoms with Gasteiger partial charge in [-0.15, -0.1) is 0 Å². The van der Waals surface area contributed by atoms with E-state index < -0.39 is 16.0 Å². The van der Waals surface area contributed by atoms with E-state index in [-0.39, 0.29) is 23.0 Å². The number of nitrogens with one attached hydrogen (secondary N) is 1. The maximum absolute atomic E-state index is 12.7. The normalized spacial score (nSPS) is 11.2. The molecule has 0 aliphatic carbocycles. The van der Waals surface area contributed by atoms with Crippen LogP contribution in [0.2, 0.25) is 0 Å². The van der Waals surface area contributed by atoms with E-state index in [1.165, 1.54) is 18.3 Å². The molecule has 0 saturated heterocycles. The fourth-order valence-corrected chi connectivity index (χ4v) is 4.80. The van der Waals surface area contributed by atoms with E-state index in [9.17, 15) is 13.2 Å². The first kappa shape index (κ1) is 28.0. The third-order valence-corrected chi connectivity index (χ3v) is 6.57. The summed E-state index contributed by atoms with van der Waals surface area (Å²) in [5.74, 6) is 0.765. The van der Waals surface area contributed by atoms with Crippen LogP contribution < -0.4 is 23.8 Å². The van der Waals surface area contributed by atoms with Crippen LogP contribution in [0, 0.1) is 0 Å². The van der Waals surface area contributed by atoms with Crippen molar-refractivity contribution in [1.29, 1.82) is 0 Å². The summed E-state index contributed by atoms with van der Waals surface area (Å²) < 4.78 is 47.8. The van der Waals surface area contributed by atoms with Crippen LogP contribution in [0.15, 0.2) is 75.1 Å². The molecule has 0 bridgehead atoms. The molecule has 3 aromatic rings. The molecule has 11 heteroatoms. The van der Waals surface area contributed by atoms with E-state index in [1.807, 2.05) is 13.8 Å². The predicted molar refractivity (Wildman–Crippen MR) is 143 cm³/mol. The second-order valence-corrected chi connectivity index (χ2v) is 9.74. The van der Waals surface area contributed by atoms with Crippen LogP contribution in [-0.2, 0) is 10.1 Å². The highest BCUT2D eigenvalue weighted by Crippen LogP contribution is 2.38. The minimum absolute atomic E-state index is 0.00438. The predicted octanol–water partition coefficient (Wildman–Crippen LogP) is 5.18. The van der Waals surface area contributed by atoms with Crippen molar-refractivity contribution < 1.29 is 31.6 Å². The molecular weight excluding hydrogens is 564 g/mol. The SMILES string of the molecule is CCOc1ccc(C(=O)N/N=C/c2cc(Br)c(OS(=O)(=O)c3ccccc3)c(OCC)c2)cc1OCC. The molecule has 0 aliphatic heterocycles. The van der Waals surface area contributed by atoms with Gasteiger partial charge in [0.05, 0.1) is 30.5 Å². The van der Waals surface area contributed by atoms with Gasteiger partial charge in [0.15, 0.2) is 23.0 Å². The molecule has 0 unspecified atom stereocenters. The van der Waals surface area contributed by atoms with Crippen LogP contribution in [0.4, 0.5) is 0 Å². The van der Waals surface area contributed by atoms with Gasteiger partial charge in [-0.25, -0.2) is 5.43 Å². The second-order valence-electron chi connectivity index (χ2n) is 7.34. The quantitative estimate of drug-likeness (QED) is 0.176. The zero-order chi connectivity index (χ0) is 26.8. The van der Waals surface area contributed by atoms with Gasteiger partial charge in [0, 0.05) is 5.56 Å². The summed E-state index contributed by atoms with van der Waals surface area (Å²) in [6.45, 7) is 6.63. The number of nitrogens with zero attached hydrogens (tertiary/aromatic N) is 1. The summed E-state index contributed by atoms with van der Waals surface area (Å²) in [4.78, 5) is 12.6. The third kappa shape index (κ3) is 7.46. The van der Waals surface area contributed by atoms with Gasteiger partial charge in [0.25, 0.3) is 5.91 Å². The molecule has 0 aromatic heterocycles. The Hall–Kier alpha value is -3.57. The lowest BCUT2D eigenvalue weighted by Crippen LogP contribution is -2.18.